The summed E-state index contributed by atoms with van der Waals surface area (Å²) in [6.07, 6.45) is 0. The van der Waals surface area contributed by atoms with Gasteiger partial charge in [0.2, 0.25) is 0 Å². The first kappa shape index (κ1) is 11.1. The largest absolute Gasteiger partial charge is 0.497 e. The molecule has 0 radical (unpaired) electrons. The van der Waals surface area contributed by atoms with Crippen LogP contribution in [0.5, 0.6) is 5.75 Å². The van der Waals surface area contributed by atoms with E-state index in [9.17, 15) is 0 Å². The molecule has 0 amide bonds. The van der Waals surface area contributed by atoms with Crippen LogP contribution in [0.1, 0.15) is 5.56 Å². The van der Waals surface area contributed by atoms with E-state index < -0.39 is 0 Å². The zero-order chi connectivity index (χ0) is 11.9. The Morgan fingerprint density at radius 1 is 0.941 bits per heavy atom. The molecule has 0 atom stereocenters. The molecule has 0 saturated heterocycles. The van der Waals surface area contributed by atoms with Crippen molar-refractivity contribution in [1.82, 2.24) is 0 Å². The standard InChI is InChI=1S/C15H13NO/c1-17-15-9-7-13(8-10-15)11-12-16-14-5-3-2-4-6-14/h2-10,16H,1H3. The van der Waals surface area contributed by atoms with Gasteiger partial charge in [0.1, 0.15) is 5.75 Å². The first-order chi connectivity index (χ1) is 8.38. The smallest absolute Gasteiger partial charge is 0.118 e. The molecule has 17 heavy (non-hydrogen) atoms. The Bertz CT molecular complexity index is 520. The number of methoxy groups -OCH3 is 1. The zero-order valence-corrected chi connectivity index (χ0v) is 9.60. The van der Waals surface area contributed by atoms with E-state index in [0.717, 1.165) is 17.0 Å². The van der Waals surface area contributed by atoms with Crippen LogP contribution < -0.4 is 10.1 Å². The van der Waals surface area contributed by atoms with Gasteiger partial charge >= 0.3 is 0 Å². The van der Waals surface area contributed by atoms with Crippen LogP contribution in [0, 0.1) is 12.0 Å². The second kappa shape index (κ2) is 5.62. The molecule has 84 valence electrons. The van der Waals surface area contributed by atoms with Crippen LogP contribution in [0.2, 0.25) is 0 Å². The van der Waals surface area contributed by atoms with Crippen molar-refractivity contribution < 1.29 is 4.74 Å². The molecular weight excluding hydrogens is 210 g/mol. The molecule has 0 aliphatic rings. The molecule has 0 saturated carbocycles. The first-order valence-corrected chi connectivity index (χ1v) is 5.34. The van der Waals surface area contributed by atoms with E-state index in [-0.39, 0.29) is 0 Å². The Morgan fingerprint density at radius 2 is 1.65 bits per heavy atom. The lowest BCUT2D eigenvalue weighted by Gasteiger charge is -1.98. The van der Waals surface area contributed by atoms with Crippen molar-refractivity contribution in [2.75, 3.05) is 12.4 Å². The highest BCUT2D eigenvalue weighted by atomic mass is 16.5. The summed E-state index contributed by atoms with van der Waals surface area (Å²) in [4.78, 5) is 0. The Kier molecular flexibility index (Phi) is 3.67. The summed E-state index contributed by atoms with van der Waals surface area (Å²) in [5.74, 6) is 3.87. The second-order valence-corrected chi connectivity index (χ2v) is 3.47. The third-order valence-corrected chi connectivity index (χ3v) is 2.28. The number of para-hydroxylation sites is 1. The number of hydrogen-bond acceptors (Lipinski definition) is 2. The van der Waals surface area contributed by atoms with E-state index in [2.05, 4.69) is 17.3 Å². The molecule has 2 aromatic carbocycles. The summed E-state index contributed by atoms with van der Waals surface area (Å²) >= 11 is 0. The van der Waals surface area contributed by atoms with Gasteiger partial charge in [-0.25, -0.2) is 0 Å². The van der Waals surface area contributed by atoms with Crippen molar-refractivity contribution >= 4 is 5.69 Å². The fourth-order valence-corrected chi connectivity index (χ4v) is 1.37. The molecular formula is C15H13NO. The van der Waals surface area contributed by atoms with Crippen molar-refractivity contribution in [3.8, 4) is 17.7 Å². The van der Waals surface area contributed by atoms with Gasteiger partial charge in [-0.1, -0.05) is 18.2 Å². The molecule has 0 aromatic heterocycles. The van der Waals surface area contributed by atoms with E-state index in [1.165, 1.54) is 0 Å². The fraction of sp³-hybridized carbons (Fsp3) is 0.0667. The maximum Gasteiger partial charge on any atom is 0.118 e. The molecule has 0 spiro atoms. The topological polar surface area (TPSA) is 21.3 Å². The van der Waals surface area contributed by atoms with Gasteiger partial charge in [-0.3, -0.25) is 0 Å². The lowest BCUT2D eigenvalue weighted by molar-refractivity contribution is 0.415. The molecule has 0 aliphatic heterocycles. The van der Waals surface area contributed by atoms with Crippen molar-refractivity contribution in [2.45, 2.75) is 0 Å². The second-order valence-electron chi connectivity index (χ2n) is 3.47. The maximum atomic E-state index is 5.08. The number of rotatable bonds is 2. The summed E-state index contributed by atoms with van der Waals surface area (Å²) in [5.41, 5.74) is 1.95. The van der Waals surface area contributed by atoms with Crippen LogP contribution in [-0.4, -0.2) is 7.11 Å². The van der Waals surface area contributed by atoms with Gasteiger partial charge in [-0.05, 0) is 42.3 Å². The summed E-state index contributed by atoms with van der Waals surface area (Å²) in [6.45, 7) is 0. The van der Waals surface area contributed by atoms with Gasteiger partial charge in [0.25, 0.3) is 0 Å². The van der Waals surface area contributed by atoms with Crippen molar-refractivity contribution in [3.63, 3.8) is 0 Å². The monoisotopic (exact) mass is 223 g/mol. The summed E-state index contributed by atoms with van der Waals surface area (Å²) in [6, 6.07) is 20.4. The number of ether oxygens (including phenoxy) is 1. The van der Waals surface area contributed by atoms with Gasteiger partial charge in [-0.2, -0.15) is 0 Å². The number of nitrogens with one attached hydrogen (secondary N) is 1. The van der Waals surface area contributed by atoms with Gasteiger partial charge in [0, 0.05) is 17.3 Å². The molecule has 0 unspecified atom stereocenters. The summed E-state index contributed by atoms with van der Waals surface area (Å²) in [5, 5.41) is 3.03. The van der Waals surface area contributed by atoms with Crippen molar-refractivity contribution in [1.29, 1.82) is 0 Å². The van der Waals surface area contributed by atoms with Gasteiger partial charge in [0.05, 0.1) is 7.11 Å². The van der Waals surface area contributed by atoms with Crippen LogP contribution in [0.3, 0.4) is 0 Å². The molecule has 2 heteroatoms. The number of anilines is 1. The minimum absolute atomic E-state index is 0.839. The quantitative estimate of drug-likeness (QED) is 0.624. The molecule has 2 nitrogen and oxygen atoms in total. The van der Waals surface area contributed by atoms with E-state index in [4.69, 9.17) is 4.74 Å². The number of benzene rings is 2. The van der Waals surface area contributed by atoms with Gasteiger partial charge < -0.3 is 10.1 Å². The SMILES string of the molecule is COc1ccc(C#CNc2ccccc2)cc1. The minimum atomic E-state index is 0.839. The third kappa shape index (κ3) is 3.29. The third-order valence-electron chi connectivity index (χ3n) is 2.28. The Hall–Kier alpha value is -2.40. The highest BCUT2D eigenvalue weighted by Crippen LogP contribution is 2.10. The molecule has 0 bridgehead atoms. The zero-order valence-electron chi connectivity index (χ0n) is 9.60. The minimum Gasteiger partial charge on any atom is -0.497 e. The van der Waals surface area contributed by atoms with Gasteiger partial charge in [-0.15, -0.1) is 0 Å². The molecule has 0 heterocycles. The highest BCUT2D eigenvalue weighted by molar-refractivity contribution is 5.49. The van der Waals surface area contributed by atoms with Crippen LogP contribution in [0.4, 0.5) is 5.69 Å². The Labute approximate surface area is 101 Å². The maximum absolute atomic E-state index is 5.08. The normalized spacial score (nSPS) is 9.00. The molecule has 0 aliphatic carbocycles. The Morgan fingerprint density at radius 3 is 2.29 bits per heavy atom. The number of hydrogen-bond donors (Lipinski definition) is 1. The fourth-order valence-electron chi connectivity index (χ4n) is 1.37. The van der Waals surface area contributed by atoms with E-state index in [0.29, 0.717) is 0 Å². The van der Waals surface area contributed by atoms with Crippen LogP contribution >= 0.6 is 0 Å². The Balaban J connectivity index is 2.01. The van der Waals surface area contributed by atoms with E-state index in [1.807, 2.05) is 54.6 Å². The van der Waals surface area contributed by atoms with E-state index >= 15 is 0 Å². The average Bonchev–Trinajstić information content (AvgIpc) is 2.41. The predicted octanol–water partition coefficient (Wildman–Crippen LogP) is 3.12. The lowest BCUT2D eigenvalue weighted by Crippen LogP contribution is -1.87. The van der Waals surface area contributed by atoms with Crippen LogP contribution in [0.15, 0.2) is 54.6 Å². The predicted molar refractivity (Wildman–Crippen MR) is 69.9 cm³/mol. The van der Waals surface area contributed by atoms with Crippen LogP contribution in [0.25, 0.3) is 0 Å². The molecule has 1 N–H and O–H groups in total. The average molecular weight is 223 g/mol. The first-order valence-electron chi connectivity index (χ1n) is 5.34. The summed E-state index contributed by atoms with van der Waals surface area (Å²) < 4.78 is 5.08. The van der Waals surface area contributed by atoms with E-state index in [1.54, 1.807) is 7.11 Å². The van der Waals surface area contributed by atoms with Crippen LogP contribution in [-0.2, 0) is 0 Å². The van der Waals surface area contributed by atoms with Gasteiger partial charge in [0.15, 0.2) is 0 Å². The molecule has 2 rings (SSSR count). The molecule has 0 fully saturated rings. The highest BCUT2D eigenvalue weighted by Gasteiger charge is 1.89. The molecule has 2 aromatic rings. The summed E-state index contributed by atoms with van der Waals surface area (Å²) in [7, 11) is 1.65. The van der Waals surface area contributed by atoms with Crippen molar-refractivity contribution in [2.24, 2.45) is 0 Å². The van der Waals surface area contributed by atoms with Crippen molar-refractivity contribution in [3.05, 3.63) is 60.2 Å². The lowest BCUT2D eigenvalue weighted by atomic mass is 10.2.